The number of aryl methyl sites for hydroxylation is 1. The van der Waals surface area contributed by atoms with Crippen molar-refractivity contribution in [3.63, 3.8) is 0 Å². The fourth-order valence-electron chi connectivity index (χ4n) is 1.86. The molecule has 0 atom stereocenters. The topological polar surface area (TPSA) is 43.8 Å². The van der Waals surface area contributed by atoms with Gasteiger partial charge in [-0.15, -0.1) is 0 Å². The Morgan fingerprint density at radius 2 is 2.17 bits per heavy atom. The summed E-state index contributed by atoms with van der Waals surface area (Å²) in [7, 11) is 1.88. The predicted octanol–water partition coefficient (Wildman–Crippen LogP) is 3.41. The van der Waals surface area contributed by atoms with Crippen molar-refractivity contribution in [2.24, 2.45) is 7.05 Å². The standard InChI is InChI=1S/C13H15ClFN3/c1-3-4-11-17-12(13(16)18(11)2)8-5-6-10(15)9(14)7-8/h5-7H,3-4,16H2,1-2H3. The highest BCUT2D eigenvalue weighted by molar-refractivity contribution is 6.31. The van der Waals surface area contributed by atoms with Crippen molar-refractivity contribution in [2.45, 2.75) is 19.8 Å². The van der Waals surface area contributed by atoms with Crippen LogP contribution in [0.4, 0.5) is 10.2 Å². The average Bonchev–Trinajstić information content (AvgIpc) is 2.62. The molecule has 18 heavy (non-hydrogen) atoms. The largest absolute Gasteiger partial charge is 0.383 e. The fraction of sp³-hybridized carbons (Fsp3) is 0.308. The molecule has 0 bridgehead atoms. The summed E-state index contributed by atoms with van der Waals surface area (Å²) in [6, 6.07) is 4.51. The van der Waals surface area contributed by atoms with Crippen molar-refractivity contribution in [3.8, 4) is 11.3 Å². The highest BCUT2D eigenvalue weighted by atomic mass is 35.5. The number of rotatable bonds is 3. The van der Waals surface area contributed by atoms with E-state index >= 15 is 0 Å². The highest BCUT2D eigenvalue weighted by Gasteiger charge is 2.14. The number of nitrogen functional groups attached to an aromatic ring is 1. The summed E-state index contributed by atoms with van der Waals surface area (Å²) < 4.78 is 15.0. The first-order valence-electron chi connectivity index (χ1n) is 5.81. The molecule has 0 saturated heterocycles. The molecular formula is C13H15ClFN3. The molecular weight excluding hydrogens is 253 g/mol. The molecule has 0 unspecified atom stereocenters. The Morgan fingerprint density at radius 3 is 2.78 bits per heavy atom. The first kappa shape index (κ1) is 12.9. The first-order chi connectivity index (χ1) is 8.54. The van der Waals surface area contributed by atoms with Gasteiger partial charge in [0.05, 0.1) is 5.02 Å². The molecule has 0 aliphatic heterocycles. The van der Waals surface area contributed by atoms with Crippen LogP contribution in [0.15, 0.2) is 18.2 Å². The molecule has 0 spiro atoms. The van der Waals surface area contributed by atoms with E-state index in [9.17, 15) is 4.39 Å². The molecule has 2 rings (SSSR count). The van der Waals surface area contributed by atoms with Crippen molar-refractivity contribution in [2.75, 3.05) is 5.73 Å². The molecule has 1 aromatic heterocycles. The van der Waals surface area contributed by atoms with E-state index in [1.807, 2.05) is 11.6 Å². The Hall–Kier alpha value is -1.55. The second-order valence-corrected chi connectivity index (χ2v) is 4.61. The Labute approximate surface area is 110 Å². The van der Waals surface area contributed by atoms with E-state index in [-0.39, 0.29) is 5.02 Å². The maximum absolute atomic E-state index is 13.1. The van der Waals surface area contributed by atoms with Gasteiger partial charge < -0.3 is 10.3 Å². The minimum atomic E-state index is -0.441. The number of aromatic nitrogens is 2. The molecule has 0 fully saturated rings. The van der Waals surface area contributed by atoms with Gasteiger partial charge in [-0.25, -0.2) is 9.37 Å². The van der Waals surface area contributed by atoms with E-state index in [2.05, 4.69) is 11.9 Å². The number of nitrogens with two attached hydrogens (primary N) is 1. The average molecular weight is 268 g/mol. The fourth-order valence-corrected chi connectivity index (χ4v) is 2.04. The van der Waals surface area contributed by atoms with Crippen LogP contribution >= 0.6 is 11.6 Å². The van der Waals surface area contributed by atoms with Gasteiger partial charge in [0.2, 0.25) is 0 Å². The van der Waals surface area contributed by atoms with Gasteiger partial charge in [-0.05, 0) is 24.6 Å². The smallest absolute Gasteiger partial charge is 0.141 e. The molecule has 2 aromatic rings. The van der Waals surface area contributed by atoms with E-state index in [0.29, 0.717) is 11.5 Å². The number of halogens is 2. The summed E-state index contributed by atoms with van der Waals surface area (Å²) in [5.74, 6) is 1.05. The molecule has 5 heteroatoms. The van der Waals surface area contributed by atoms with E-state index in [1.165, 1.54) is 6.07 Å². The van der Waals surface area contributed by atoms with Crippen molar-refractivity contribution < 1.29 is 4.39 Å². The summed E-state index contributed by atoms with van der Waals surface area (Å²) in [6.07, 6.45) is 1.85. The maximum atomic E-state index is 13.1. The van der Waals surface area contributed by atoms with Crippen LogP contribution < -0.4 is 5.73 Å². The number of imidazole rings is 1. The van der Waals surface area contributed by atoms with Crippen LogP contribution in [0.25, 0.3) is 11.3 Å². The first-order valence-corrected chi connectivity index (χ1v) is 6.18. The minimum Gasteiger partial charge on any atom is -0.383 e. The van der Waals surface area contributed by atoms with Gasteiger partial charge in [0, 0.05) is 19.0 Å². The van der Waals surface area contributed by atoms with Crippen LogP contribution in [-0.4, -0.2) is 9.55 Å². The number of hydrogen-bond acceptors (Lipinski definition) is 2. The van der Waals surface area contributed by atoms with Gasteiger partial charge in [-0.2, -0.15) is 0 Å². The quantitative estimate of drug-likeness (QED) is 0.926. The number of benzene rings is 1. The SMILES string of the molecule is CCCc1nc(-c2ccc(F)c(Cl)c2)c(N)n1C. The molecule has 96 valence electrons. The van der Waals surface area contributed by atoms with Crippen molar-refractivity contribution in [3.05, 3.63) is 34.9 Å². The molecule has 2 N–H and O–H groups in total. The molecule has 0 saturated carbocycles. The third kappa shape index (κ3) is 2.20. The molecule has 3 nitrogen and oxygen atoms in total. The van der Waals surface area contributed by atoms with E-state index < -0.39 is 5.82 Å². The Kier molecular flexibility index (Phi) is 3.57. The Bertz CT molecular complexity index is 578. The van der Waals surface area contributed by atoms with E-state index in [4.69, 9.17) is 17.3 Å². The summed E-state index contributed by atoms with van der Waals surface area (Å²) in [6.45, 7) is 2.08. The maximum Gasteiger partial charge on any atom is 0.141 e. The summed E-state index contributed by atoms with van der Waals surface area (Å²) in [5.41, 5.74) is 7.41. The lowest BCUT2D eigenvalue weighted by Crippen LogP contribution is -2.01. The van der Waals surface area contributed by atoms with Crippen LogP contribution in [0.3, 0.4) is 0 Å². The molecule has 1 aromatic carbocycles. The van der Waals surface area contributed by atoms with Gasteiger partial charge in [0.1, 0.15) is 23.2 Å². The zero-order valence-corrected chi connectivity index (χ0v) is 11.1. The van der Waals surface area contributed by atoms with Crippen LogP contribution in [0, 0.1) is 5.82 Å². The van der Waals surface area contributed by atoms with Crippen LogP contribution in [0.2, 0.25) is 5.02 Å². The normalized spacial score (nSPS) is 10.9. The van der Waals surface area contributed by atoms with Gasteiger partial charge in [0.15, 0.2) is 0 Å². The second-order valence-electron chi connectivity index (χ2n) is 4.20. The highest BCUT2D eigenvalue weighted by Crippen LogP contribution is 2.29. The lowest BCUT2D eigenvalue weighted by molar-refractivity contribution is 0.628. The van der Waals surface area contributed by atoms with Gasteiger partial charge >= 0.3 is 0 Å². The Morgan fingerprint density at radius 1 is 1.44 bits per heavy atom. The monoisotopic (exact) mass is 267 g/mol. The lowest BCUT2D eigenvalue weighted by Gasteiger charge is -2.02. The third-order valence-corrected chi connectivity index (χ3v) is 3.19. The molecule has 1 heterocycles. The molecule has 0 aliphatic carbocycles. The lowest BCUT2D eigenvalue weighted by atomic mass is 10.1. The van der Waals surface area contributed by atoms with E-state index in [0.717, 1.165) is 24.2 Å². The van der Waals surface area contributed by atoms with E-state index in [1.54, 1.807) is 12.1 Å². The predicted molar refractivity (Wildman–Crippen MR) is 72.0 cm³/mol. The van der Waals surface area contributed by atoms with Gasteiger partial charge in [-0.1, -0.05) is 18.5 Å². The summed E-state index contributed by atoms with van der Waals surface area (Å²) in [4.78, 5) is 4.50. The third-order valence-electron chi connectivity index (χ3n) is 2.90. The van der Waals surface area contributed by atoms with Crippen LogP contribution in [0.1, 0.15) is 19.2 Å². The summed E-state index contributed by atoms with van der Waals surface area (Å²) in [5, 5.41) is 0.0783. The van der Waals surface area contributed by atoms with Crippen LogP contribution in [-0.2, 0) is 13.5 Å². The molecule has 0 radical (unpaired) electrons. The zero-order valence-electron chi connectivity index (χ0n) is 10.4. The van der Waals surface area contributed by atoms with Gasteiger partial charge in [-0.3, -0.25) is 0 Å². The zero-order chi connectivity index (χ0) is 13.3. The number of hydrogen-bond donors (Lipinski definition) is 1. The Balaban J connectivity index is 2.50. The number of nitrogens with zero attached hydrogens (tertiary/aromatic N) is 2. The second kappa shape index (κ2) is 4.98. The van der Waals surface area contributed by atoms with Crippen LogP contribution in [0.5, 0.6) is 0 Å². The minimum absolute atomic E-state index is 0.0783. The summed E-state index contributed by atoms with van der Waals surface area (Å²) >= 11 is 5.77. The van der Waals surface area contributed by atoms with Crippen molar-refractivity contribution in [1.82, 2.24) is 9.55 Å². The van der Waals surface area contributed by atoms with Crippen molar-refractivity contribution in [1.29, 1.82) is 0 Å². The van der Waals surface area contributed by atoms with Crippen molar-refractivity contribution >= 4 is 17.4 Å². The number of anilines is 1. The van der Waals surface area contributed by atoms with Gasteiger partial charge in [0.25, 0.3) is 0 Å². The molecule has 0 aliphatic rings. The molecule has 0 amide bonds.